The first-order valence-electron chi connectivity index (χ1n) is 8.92. The first kappa shape index (κ1) is 16.8. The summed E-state index contributed by atoms with van der Waals surface area (Å²) >= 11 is 0. The van der Waals surface area contributed by atoms with Crippen LogP contribution in [0.25, 0.3) is 11.0 Å². The second kappa shape index (κ2) is 7.33. The van der Waals surface area contributed by atoms with Gasteiger partial charge < -0.3 is 14.5 Å². The Balaban J connectivity index is 1.38. The van der Waals surface area contributed by atoms with E-state index < -0.39 is 0 Å². The lowest BCUT2D eigenvalue weighted by atomic mass is 9.92. The third-order valence-electron chi connectivity index (χ3n) is 5.08. The maximum absolute atomic E-state index is 5.36. The standard InChI is InChI=1S/C18H24N6O2/c1-25-16-8-14-15(9-17(16)26-2)21-18(20-14)11-24-5-3-12(4-6-24)7-13-10-19-23-22-13/h8-10,12H,3-7,11H2,1-2H3,(H,20,21)(H,19,22,23). The summed E-state index contributed by atoms with van der Waals surface area (Å²) in [6.45, 7) is 2.98. The van der Waals surface area contributed by atoms with E-state index in [1.165, 1.54) is 12.8 Å². The average Bonchev–Trinajstić information content (AvgIpc) is 3.30. The summed E-state index contributed by atoms with van der Waals surface area (Å²) in [5.41, 5.74) is 2.93. The number of fused-ring (bicyclic) bond motifs is 1. The van der Waals surface area contributed by atoms with Gasteiger partial charge in [0.05, 0.1) is 43.7 Å². The van der Waals surface area contributed by atoms with E-state index >= 15 is 0 Å². The summed E-state index contributed by atoms with van der Waals surface area (Å²) in [4.78, 5) is 10.6. The molecule has 0 unspecified atom stereocenters. The summed E-state index contributed by atoms with van der Waals surface area (Å²) < 4.78 is 10.7. The second-order valence-corrected chi connectivity index (χ2v) is 6.79. The zero-order valence-electron chi connectivity index (χ0n) is 15.2. The number of imidazole rings is 1. The molecule has 4 rings (SSSR count). The minimum atomic E-state index is 0.681. The van der Waals surface area contributed by atoms with Gasteiger partial charge in [-0.25, -0.2) is 4.98 Å². The molecule has 8 heteroatoms. The molecule has 1 fully saturated rings. The number of methoxy groups -OCH3 is 2. The van der Waals surface area contributed by atoms with E-state index in [0.717, 1.165) is 48.6 Å². The van der Waals surface area contributed by atoms with E-state index in [1.54, 1.807) is 14.2 Å². The highest BCUT2D eigenvalue weighted by Crippen LogP contribution is 2.31. The van der Waals surface area contributed by atoms with Gasteiger partial charge in [-0.15, -0.1) is 0 Å². The van der Waals surface area contributed by atoms with Crippen molar-refractivity contribution in [3.63, 3.8) is 0 Å². The van der Waals surface area contributed by atoms with Gasteiger partial charge in [0.2, 0.25) is 0 Å². The number of aromatic amines is 2. The second-order valence-electron chi connectivity index (χ2n) is 6.79. The SMILES string of the molecule is COc1cc2nc(CN3CCC(Cc4cn[nH]n4)CC3)[nH]c2cc1OC. The van der Waals surface area contributed by atoms with Crippen LogP contribution in [0.4, 0.5) is 0 Å². The molecule has 1 aliphatic rings. The fraction of sp³-hybridized carbons (Fsp3) is 0.500. The van der Waals surface area contributed by atoms with E-state index in [1.807, 2.05) is 18.3 Å². The molecule has 2 aromatic heterocycles. The van der Waals surface area contributed by atoms with Gasteiger partial charge in [-0.05, 0) is 38.3 Å². The van der Waals surface area contributed by atoms with Crippen LogP contribution in [0.1, 0.15) is 24.4 Å². The molecule has 0 bridgehead atoms. The minimum absolute atomic E-state index is 0.681. The van der Waals surface area contributed by atoms with E-state index in [4.69, 9.17) is 14.5 Å². The number of hydrogen-bond donors (Lipinski definition) is 2. The Morgan fingerprint density at radius 1 is 1.15 bits per heavy atom. The molecule has 26 heavy (non-hydrogen) atoms. The molecule has 0 spiro atoms. The summed E-state index contributed by atoms with van der Waals surface area (Å²) in [5.74, 6) is 3.07. The zero-order chi connectivity index (χ0) is 17.9. The molecule has 0 aliphatic carbocycles. The number of hydrogen-bond acceptors (Lipinski definition) is 6. The summed E-state index contributed by atoms with van der Waals surface area (Å²) in [6.07, 6.45) is 5.18. The average molecular weight is 356 g/mol. The molecule has 1 aliphatic heterocycles. The van der Waals surface area contributed by atoms with Crippen LogP contribution in [0.2, 0.25) is 0 Å². The molecule has 0 radical (unpaired) electrons. The van der Waals surface area contributed by atoms with Gasteiger partial charge >= 0.3 is 0 Å². The largest absolute Gasteiger partial charge is 0.493 e. The van der Waals surface area contributed by atoms with Gasteiger partial charge in [0.15, 0.2) is 11.5 Å². The maximum Gasteiger partial charge on any atom is 0.163 e. The number of rotatable bonds is 6. The first-order valence-corrected chi connectivity index (χ1v) is 8.92. The minimum Gasteiger partial charge on any atom is -0.493 e. The predicted molar refractivity (Wildman–Crippen MR) is 97.3 cm³/mol. The van der Waals surface area contributed by atoms with Crippen LogP contribution >= 0.6 is 0 Å². The molecule has 0 saturated carbocycles. The number of ether oxygens (including phenoxy) is 2. The number of likely N-dealkylation sites (tertiary alicyclic amines) is 1. The fourth-order valence-electron chi connectivity index (χ4n) is 3.64. The molecule has 0 amide bonds. The van der Waals surface area contributed by atoms with Gasteiger partial charge in [0, 0.05) is 12.1 Å². The molecule has 1 saturated heterocycles. The van der Waals surface area contributed by atoms with Crippen LogP contribution in [-0.4, -0.2) is 57.6 Å². The van der Waals surface area contributed by atoms with Crippen molar-refractivity contribution in [2.75, 3.05) is 27.3 Å². The third-order valence-corrected chi connectivity index (χ3v) is 5.08. The maximum atomic E-state index is 5.36. The highest BCUT2D eigenvalue weighted by molar-refractivity contribution is 5.79. The summed E-state index contributed by atoms with van der Waals surface area (Å²) in [7, 11) is 3.28. The highest BCUT2D eigenvalue weighted by atomic mass is 16.5. The molecule has 3 aromatic rings. The smallest absolute Gasteiger partial charge is 0.163 e. The van der Waals surface area contributed by atoms with Gasteiger partial charge in [-0.1, -0.05) is 0 Å². The van der Waals surface area contributed by atoms with Crippen LogP contribution in [0, 0.1) is 5.92 Å². The van der Waals surface area contributed by atoms with Gasteiger partial charge in [-0.3, -0.25) is 4.90 Å². The molecular formula is C18H24N6O2. The number of benzene rings is 1. The van der Waals surface area contributed by atoms with Crippen molar-refractivity contribution in [2.24, 2.45) is 5.92 Å². The molecule has 8 nitrogen and oxygen atoms in total. The molecule has 3 heterocycles. The third kappa shape index (κ3) is 3.50. The Morgan fingerprint density at radius 3 is 2.62 bits per heavy atom. The van der Waals surface area contributed by atoms with Crippen molar-refractivity contribution in [3.8, 4) is 11.5 Å². The van der Waals surface area contributed by atoms with E-state index in [2.05, 4.69) is 25.3 Å². The summed E-state index contributed by atoms with van der Waals surface area (Å²) in [5, 5.41) is 10.7. The van der Waals surface area contributed by atoms with Crippen LogP contribution in [-0.2, 0) is 13.0 Å². The van der Waals surface area contributed by atoms with Crippen LogP contribution in [0.5, 0.6) is 11.5 Å². The van der Waals surface area contributed by atoms with E-state index in [-0.39, 0.29) is 0 Å². The Bertz CT molecular complexity index is 811. The van der Waals surface area contributed by atoms with E-state index in [0.29, 0.717) is 17.4 Å². The van der Waals surface area contributed by atoms with Crippen LogP contribution in [0.3, 0.4) is 0 Å². The van der Waals surface area contributed by atoms with Crippen molar-refractivity contribution in [3.05, 3.63) is 29.8 Å². The lowest BCUT2D eigenvalue weighted by Crippen LogP contribution is -2.34. The normalized spacial score (nSPS) is 16.2. The highest BCUT2D eigenvalue weighted by Gasteiger charge is 2.21. The van der Waals surface area contributed by atoms with Crippen molar-refractivity contribution >= 4 is 11.0 Å². The number of H-pyrrole nitrogens is 2. The predicted octanol–water partition coefficient (Wildman–Crippen LogP) is 2.15. The number of nitrogens with one attached hydrogen (secondary N) is 2. The Labute approximate surface area is 151 Å². The van der Waals surface area contributed by atoms with Crippen molar-refractivity contribution in [1.82, 2.24) is 30.3 Å². The Hall–Kier alpha value is -2.61. The quantitative estimate of drug-likeness (QED) is 0.703. The first-order chi connectivity index (χ1) is 12.7. The molecule has 138 valence electrons. The fourth-order valence-corrected chi connectivity index (χ4v) is 3.64. The van der Waals surface area contributed by atoms with Gasteiger partial charge in [0.1, 0.15) is 5.82 Å². The van der Waals surface area contributed by atoms with Crippen molar-refractivity contribution < 1.29 is 9.47 Å². The lowest BCUT2D eigenvalue weighted by molar-refractivity contribution is 0.173. The van der Waals surface area contributed by atoms with Gasteiger partial charge in [0.25, 0.3) is 0 Å². The Morgan fingerprint density at radius 2 is 1.92 bits per heavy atom. The summed E-state index contributed by atoms with van der Waals surface area (Å²) in [6, 6.07) is 3.85. The monoisotopic (exact) mass is 356 g/mol. The molecule has 0 atom stereocenters. The van der Waals surface area contributed by atoms with Crippen molar-refractivity contribution in [2.45, 2.75) is 25.8 Å². The number of piperidine rings is 1. The Kier molecular flexibility index (Phi) is 4.75. The lowest BCUT2D eigenvalue weighted by Gasteiger charge is -2.30. The van der Waals surface area contributed by atoms with Crippen LogP contribution < -0.4 is 9.47 Å². The zero-order valence-corrected chi connectivity index (χ0v) is 15.2. The molecular weight excluding hydrogens is 332 g/mol. The molecule has 1 aromatic carbocycles. The van der Waals surface area contributed by atoms with Crippen molar-refractivity contribution in [1.29, 1.82) is 0 Å². The van der Waals surface area contributed by atoms with Crippen LogP contribution in [0.15, 0.2) is 18.3 Å². The number of nitrogens with zero attached hydrogens (tertiary/aromatic N) is 4. The number of aromatic nitrogens is 5. The van der Waals surface area contributed by atoms with Gasteiger partial charge in [-0.2, -0.15) is 15.4 Å². The molecule has 2 N–H and O–H groups in total. The van der Waals surface area contributed by atoms with E-state index in [9.17, 15) is 0 Å². The topological polar surface area (TPSA) is 92.0 Å².